The molecule has 0 aromatic heterocycles. The molecule has 0 aliphatic rings. The molecule has 0 saturated carbocycles. The second kappa shape index (κ2) is 9.26. The number of hydrogen-bond donors (Lipinski definition) is 0. The van der Waals surface area contributed by atoms with Crippen molar-refractivity contribution in [3.05, 3.63) is 12.2 Å². The maximum absolute atomic E-state index is 11.3. The number of hydrogen-bond acceptors (Lipinski definition) is 2. The summed E-state index contributed by atoms with van der Waals surface area (Å²) in [4.78, 5) is 11.3. The number of carbonyl (C=O) groups is 1. The Kier molecular flexibility index (Phi) is 8.83. The highest BCUT2D eigenvalue weighted by molar-refractivity contribution is 5.82. The second-order valence-corrected chi connectivity index (χ2v) is 5.49. The number of allylic oxidation sites excluding steroid dienone is 1. The zero-order valence-corrected chi connectivity index (χ0v) is 11.9. The van der Waals surface area contributed by atoms with E-state index in [1.165, 1.54) is 38.5 Å². The summed E-state index contributed by atoms with van der Waals surface area (Å²) in [5, 5.41) is 0. The van der Waals surface area contributed by atoms with E-state index in [-0.39, 0.29) is 11.6 Å². The second-order valence-electron chi connectivity index (χ2n) is 5.49. The molecule has 0 N–H and O–H groups in total. The molecule has 0 aromatic rings. The zero-order chi connectivity index (χ0) is 13.1. The smallest absolute Gasteiger partial charge is 0.330 e. The summed E-state index contributed by atoms with van der Waals surface area (Å²) in [5.41, 5.74) is -0.387. The molecular formula is C15H28O2. The van der Waals surface area contributed by atoms with Crippen LogP contribution in [0.1, 0.15) is 72.6 Å². The first-order valence-corrected chi connectivity index (χ1v) is 6.85. The molecule has 0 rings (SSSR count). The lowest BCUT2D eigenvalue weighted by Crippen LogP contribution is -2.22. The van der Waals surface area contributed by atoms with Gasteiger partial charge < -0.3 is 4.74 Å². The van der Waals surface area contributed by atoms with Crippen LogP contribution in [0.3, 0.4) is 0 Å². The number of carbonyl (C=O) groups excluding carboxylic acids is 1. The summed E-state index contributed by atoms with van der Waals surface area (Å²) in [7, 11) is 0. The van der Waals surface area contributed by atoms with Crippen LogP contribution in [-0.2, 0) is 9.53 Å². The van der Waals surface area contributed by atoms with Gasteiger partial charge in [-0.3, -0.25) is 0 Å². The van der Waals surface area contributed by atoms with E-state index in [0.717, 1.165) is 6.42 Å². The van der Waals surface area contributed by atoms with Crippen LogP contribution in [0.25, 0.3) is 0 Å². The van der Waals surface area contributed by atoms with Gasteiger partial charge in [-0.1, -0.05) is 45.1 Å². The van der Waals surface area contributed by atoms with E-state index in [9.17, 15) is 4.79 Å². The Morgan fingerprint density at radius 3 is 2.24 bits per heavy atom. The molecule has 0 heterocycles. The Morgan fingerprint density at radius 1 is 1.06 bits per heavy atom. The lowest BCUT2D eigenvalue weighted by molar-refractivity contribution is -0.148. The van der Waals surface area contributed by atoms with Gasteiger partial charge >= 0.3 is 5.97 Å². The molecule has 0 aliphatic heterocycles. The quantitative estimate of drug-likeness (QED) is 0.351. The van der Waals surface area contributed by atoms with Gasteiger partial charge in [0.15, 0.2) is 0 Å². The highest BCUT2D eigenvalue weighted by atomic mass is 16.6. The molecule has 0 saturated heterocycles. The fourth-order valence-electron chi connectivity index (χ4n) is 1.56. The molecule has 0 spiro atoms. The van der Waals surface area contributed by atoms with Crippen molar-refractivity contribution in [3.8, 4) is 0 Å². The summed E-state index contributed by atoms with van der Waals surface area (Å²) >= 11 is 0. The monoisotopic (exact) mass is 240 g/mol. The Bertz CT molecular complexity index is 224. The fourth-order valence-corrected chi connectivity index (χ4v) is 1.56. The van der Waals surface area contributed by atoms with Crippen LogP contribution >= 0.6 is 0 Å². The summed E-state index contributed by atoms with van der Waals surface area (Å²) in [6.45, 7) is 7.87. The van der Waals surface area contributed by atoms with Crippen LogP contribution in [0.2, 0.25) is 0 Å². The van der Waals surface area contributed by atoms with Crippen LogP contribution in [-0.4, -0.2) is 11.6 Å². The van der Waals surface area contributed by atoms with Crippen LogP contribution in [0, 0.1) is 0 Å². The predicted molar refractivity (Wildman–Crippen MR) is 73.0 cm³/mol. The molecule has 100 valence electrons. The Hall–Kier alpha value is -0.790. The average Bonchev–Trinajstić information content (AvgIpc) is 2.19. The molecule has 0 radical (unpaired) electrons. The average molecular weight is 240 g/mol. The van der Waals surface area contributed by atoms with Crippen LogP contribution in [0.5, 0.6) is 0 Å². The molecule has 0 amide bonds. The summed E-state index contributed by atoms with van der Waals surface area (Å²) < 4.78 is 5.17. The van der Waals surface area contributed by atoms with Crippen molar-refractivity contribution in [3.63, 3.8) is 0 Å². The summed E-state index contributed by atoms with van der Waals surface area (Å²) in [6.07, 6.45) is 12.2. The Morgan fingerprint density at radius 2 is 1.65 bits per heavy atom. The first-order chi connectivity index (χ1) is 7.95. The van der Waals surface area contributed by atoms with Crippen LogP contribution in [0.4, 0.5) is 0 Å². The first kappa shape index (κ1) is 16.2. The topological polar surface area (TPSA) is 26.3 Å². The molecule has 17 heavy (non-hydrogen) atoms. The van der Waals surface area contributed by atoms with Crippen molar-refractivity contribution >= 4 is 5.97 Å². The molecular weight excluding hydrogens is 212 g/mol. The maximum atomic E-state index is 11.3. The molecule has 0 atom stereocenters. The molecule has 2 heteroatoms. The Labute approximate surface area is 106 Å². The molecule has 0 unspecified atom stereocenters. The fraction of sp³-hybridized carbons (Fsp3) is 0.800. The number of unbranched alkanes of at least 4 members (excludes halogenated alkanes) is 6. The van der Waals surface area contributed by atoms with Crippen molar-refractivity contribution in [2.24, 2.45) is 0 Å². The van der Waals surface area contributed by atoms with Crippen LogP contribution < -0.4 is 0 Å². The SMILES string of the molecule is CCCCCCCC/C=C\C(=O)OC(C)(C)C. The van der Waals surface area contributed by atoms with Gasteiger partial charge in [0.05, 0.1) is 0 Å². The third kappa shape index (κ3) is 13.1. The molecule has 0 bridgehead atoms. The van der Waals surface area contributed by atoms with Crippen LogP contribution in [0.15, 0.2) is 12.2 Å². The molecule has 2 nitrogen and oxygen atoms in total. The normalized spacial score (nSPS) is 12.0. The standard InChI is InChI=1S/C15H28O2/c1-5-6-7-8-9-10-11-12-13-14(16)17-15(2,3)4/h12-13H,5-11H2,1-4H3/b13-12-. The van der Waals surface area contributed by atoms with Crippen molar-refractivity contribution in [2.75, 3.05) is 0 Å². The predicted octanol–water partition coefficient (Wildman–Crippen LogP) is 4.63. The molecule has 0 fully saturated rings. The van der Waals surface area contributed by atoms with Gasteiger partial charge in [-0.2, -0.15) is 0 Å². The minimum atomic E-state index is -0.387. The lowest BCUT2D eigenvalue weighted by Gasteiger charge is -2.17. The highest BCUT2D eigenvalue weighted by Crippen LogP contribution is 2.09. The minimum Gasteiger partial charge on any atom is -0.457 e. The van der Waals surface area contributed by atoms with Crippen molar-refractivity contribution in [2.45, 2.75) is 78.2 Å². The van der Waals surface area contributed by atoms with Gasteiger partial charge in [-0.05, 0) is 33.6 Å². The summed E-state index contributed by atoms with van der Waals surface area (Å²) in [5.74, 6) is -0.233. The van der Waals surface area contributed by atoms with Gasteiger partial charge in [0.25, 0.3) is 0 Å². The summed E-state index contributed by atoms with van der Waals surface area (Å²) in [6, 6.07) is 0. The van der Waals surface area contributed by atoms with Crippen molar-refractivity contribution < 1.29 is 9.53 Å². The van der Waals surface area contributed by atoms with E-state index in [1.54, 1.807) is 6.08 Å². The lowest BCUT2D eigenvalue weighted by atomic mass is 10.1. The van der Waals surface area contributed by atoms with Gasteiger partial charge in [0, 0.05) is 6.08 Å². The van der Waals surface area contributed by atoms with E-state index in [1.807, 2.05) is 26.8 Å². The third-order valence-corrected chi connectivity index (χ3v) is 2.39. The van der Waals surface area contributed by atoms with Gasteiger partial charge in [-0.15, -0.1) is 0 Å². The molecule has 0 aliphatic carbocycles. The first-order valence-electron chi connectivity index (χ1n) is 6.85. The van der Waals surface area contributed by atoms with E-state index in [4.69, 9.17) is 4.74 Å². The number of ether oxygens (including phenoxy) is 1. The van der Waals surface area contributed by atoms with E-state index in [0.29, 0.717) is 0 Å². The van der Waals surface area contributed by atoms with E-state index >= 15 is 0 Å². The highest BCUT2D eigenvalue weighted by Gasteiger charge is 2.13. The Balaban J connectivity index is 3.44. The van der Waals surface area contributed by atoms with Gasteiger partial charge in [-0.25, -0.2) is 4.79 Å². The van der Waals surface area contributed by atoms with Crippen molar-refractivity contribution in [1.82, 2.24) is 0 Å². The van der Waals surface area contributed by atoms with E-state index in [2.05, 4.69) is 6.92 Å². The van der Waals surface area contributed by atoms with E-state index < -0.39 is 0 Å². The zero-order valence-electron chi connectivity index (χ0n) is 11.9. The third-order valence-electron chi connectivity index (χ3n) is 2.39. The van der Waals surface area contributed by atoms with Gasteiger partial charge in [0.2, 0.25) is 0 Å². The number of rotatable bonds is 8. The largest absolute Gasteiger partial charge is 0.457 e. The van der Waals surface area contributed by atoms with Gasteiger partial charge in [0.1, 0.15) is 5.60 Å². The minimum absolute atomic E-state index is 0.233. The number of esters is 1. The molecule has 0 aromatic carbocycles. The van der Waals surface area contributed by atoms with Crippen molar-refractivity contribution in [1.29, 1.82) is 0 Å². The maximum Gasteiger partial charge on any atom is 0.330 e.